The van der Waals surface area contributed by atoms with Crippen molar-refractivity contribution in [3.8, 4) is 33.8 Å². The largest absolute Gasteiger partial charge is 0.295 e. The molecule has 228 valence electrons. The fraction of sp³-hybridized carbons (Fsp3) is 0.0909. The molecule has 0 saturated carbocycles. The summed E-state index contributed by atoms with van der Waals surface area (Å²) in [7, 11) is 0. The fourth-order valence-electron chi connectivity index (χ4n) is 10.1. The van der Waals surface area contributed by atoms with Crippen LogP contribution in [0.5, 0.6) is 0 Å². The van der Waals surface area contributed by atoms with Crippen LogP contribution < -0.4 is 16.4 Å². The van der Waals surface area contributed by atoms with Crippen LogP contribution in [0.2, 0.25) is 0 Å². The number of nitrogens with zero attached hydrogens (tertiary/aromatic N) is 4. The number of hydrogen-bond donors (Lipinski definition) is 0. The van der Waals surface area contributed by atoms with E-state index in [4.69, 9.17) is 0 Å². The first-order valence-corrected chi connectivity index (χ1v) is 17.4. The molecule has 0 unspecified atom stereocenters. The molecule has 3 aliphatic rings. The molecule has 6 heterocycles. The molecule has 49 heavy (non-hydrogen) atoms. The zero-order valence-electron chi connectivity index (χ0n) is 27.4. The predicted octanol–water partition coefficient (Wildman–Crippen LogP) is 8.47. The molecule has 2 aliphatic heterocycles. The molecule has 6 aromatic carbocycles. The van der Waals surface area contributed by atoms with Gasteiger partial charge in [-0.1, -0.05) is 99.6 Å². The van der Waals surface area contributed by atoms with Gasteiger partial charge in [-0.2, -0.15) is 0 Å². The minimum atomic E-state index is -0.0366. The molecule has 10 aromatic rings. The molecule has 4 aromatic heterocycles. The first-order valence-electron chi connectivity index (χ1n) is 17.4. The first kappa shape index (κ1) is 25.1. The minimum absolute atomic E-state index is 0.0366. The van der Waals surface area contributed by atoms with E-state index in [-0.39, 0.29) is 12.1 Å². The van der Waals surface area contributed by atoms with E-state index in [0.29, 0.717) is 0 Å². The lowest BCUT2D eigenvalue weighted by molar-refractivity contribution is 0.589. The Morgan fingerprint density at radius 2 is 1.08 bits per heavy atom. The summed E-state index contributed by atoms with van der Waals surface area (Å²) < 4.78 is 10.4. The van der Waals surface area contributed by atoms with Crippen LogP contribution in [0.25, 0.3) is 88.8 Å². The highest BCUT2D eigenvalue weighted by atomic mass is 15.2. The molecule has 0 N–H and O–H groups in total. The van der Waals surface area contributed by atoms with Gasteiger partial charge in [0.25, 0.3) is 6.71 Å². The third-order valence-corrected chi connectivity index (χ3v) is 12.0. The van der Waals surface area contributed by atoms with E-state index < -0.39 is 0 Å². The monoisotopic (exact) mass is 624 g/mol. The van der Waals surface area contributed by atoms with E-state index in [0.717, 1.165) is 0 Å². The lowest BCUT2D eigenvalue weighted by Gasteiger charge is -2.34. The van der Waals surface area contributed by atoms with E-state index in [1.165, 1.54) is 111 Å². The maximum Gasteiger partial charge on any atom is 0.258 e. The first-order chi connectivity index (χ1) is 24.0. The predicted molar refractivity (Wildman–Crippen MR) is 205 cm³/mol. The molecule has 5 heteroatoms. The number of imidazole rings is 2. The number of rotatable bonds is 0. The van der Waals surface area contributed by atoms with Crippen molar-refractivity contribution in [3.05, 3.63) is 127 Å². The molecule has 0 amide bonds. The van der Waals surface area contributed by atoms with Crippen molar-refractivity contribution in [2.45, 2.75) is 26.2 Å². The van der Waals surface area contributed by atoms with Crippen LogP contribution in [0.4, 0.5) is 0 Å². The van der Waals surface area contributed by atoms with Gasteiger partial charge in [-0.25, -0.2) is 0 Å². The van der Waals surface area contributed by atoms with Gasteiger partial charge in [-0.3, -0.25) is 17.9 Å². The van der Waals surface area contributed by atoms with Gasteiger partial charge in [0.1, 0.15) is 11.3 Å². The molecule has 0 spiro atoms. The molecule has 13 rings (SSSR count). The molecular weight excluding hydrogens is 595 g/mol. The minimum Gasteiger partial charge on any atom is -0.295 e. The molecule has 0 atom stereocenters. The Labute approximate surface area is 282 Å². The van der Waals surface area contributed by atoms with Crippen molar-refractivity contribution < 1.29 is 0 Å². The third-order valence-electron chi connectivity index (χ3n) is 12.0. The number of para-hydroxylation sites is 5. The van der Waals surface area contributed by atoms with Gasteiger partial charge in [0.15, 0.2) is 0 Å². The van der Waals surface area contributed by atoms with Crippen molar-refractivity contribution >= 4 is 78.1 Å². The maximum absolute atomic E-state index is 2.61. The Balaban J connectivity index is 1.35. The van der Waals surface area contributed by atoms with E-state index >= 15 is 0 Å². The van der Waals surface area contributed by atoms with E-state index in [9.17, 15) is 0 Å². The summed E-state index contributed by atoms with van der Waals surface area (Å²) in [5.41, 5.74) is 22.5. The van der Waals surface area contributed by atoms with Gasteiger partial charge in [0.05, 0.1) is 33.3 Å². The lowest BCUT2D eigenvalue weighted by atomic mass is 9.34. The van der Waals surface area contributed by atoms with Gasteiger partial charge in [-0.15, -0.1) is 0 Å². The maximum atomic E-state index is 2.61. The Morgan fingerprint density at radius 1 is 0.510 bits per heavy atom. The van der Waals surface area contributed by atoms with Crippen LogP contribution >= 0.6 is 0 Å². The summed E-state index contributed by atoms with van der Waals surface area (Å²) in [4.78, 5) is 0. The van der Waals surface area contributed by atoms with Crippen molar-refractivity contribution in [2.24, 2.45) is 0 Å². The molecule has 0 bridgehead atoms. The van der Waals surface area contributed by atoms with E-state index in [2.05, 4.69) is 160 Å². The molecule has 1 aliphatic carbocycles. The number of benzene rings is 6. The van der Waals surface area contributed by atoms with Gasteiger partial charge in [-0.05, 0) is 91.6 Å². The third kappa shape index (κ3) is 2.60. The van der Waals surface area contributed by atoms with Crippen molar-refractivity contribution in [2.75, 3.05) is 0 Å². The van der Waals surface area contributed by atoms with Gasteiger partial charge in [0.2, 0.25) is 0 Å². The number of aromatic nitrogens is 4. The lowest BCUT2D eigenvalue weighted by Crippen LogP contribution is -2.59. The summed E-state index contributed by atoms with van der Waals surface area (Å²) in [5.74, 6) is 0. The highest BCUT2D eigenvalue weighted by molar-refractivity contribution is 7.02. The molecule has 0 radical (unpaired) electrons. The highest BCUT2D eigenvalue weighted by Gasteiger charge is 2.47. The van der Waals surface area contributed by atoms with Crippen molar-refractivity contribution in [3.63, 3.8) is 0 Å². The summed E-state index contributed by atoms with van der Waals surface area (Å²) in [6.07, 6.45) is 0. The number of fused-ring (bicyclic) bond motifs is 18. The van der Waals surface area contributed by atoms with E-state index in [1.807, 2.05) is 0 Å². The summed E-state index contributed by atoms with van der Waals surface area (Å²) in [5, 5.41) is 4.02. The van der Waals surface area contributed by atoms with Gasteiger partial charge >= 0.3 is 0 Å². The van der Waals surface area contributed by atoms with Crippen LogP contribution in [0.1, 0.15) is 26.3 Å². The van der Waals surface area contributed by atoms with Crippen LogP contribution in [-0.4, -0.2) is 24.6 Å². The van der Waals surface area contributed by atoms with Crippen LogP contribution in [0.15, 0.2) is 121 Å². The van der Waals surface area contributed by atoms with Crippen LogP contribution in [0.3, 0.4) is 0 Å². The summed E-state index contributed by atoms with van der Waals surface area (Å²) in [6, 6.07) is 45.9. The topological polar surface area (TPSA) is 18.7 Å². The second-order valence-corrected chi connectivity index (χ2v) is 15.4. The SMILES string of the molecule is CC(C)(C)c1cc2c3c(c1)-n1c4ccccc4n4c5ccccc5c(c14)B3c1c3c(n4c5ccccc5n-2c14)-c1cccc2cccc-3c12. The van der Waals surface area contributed by atoms with Crippen LogP contribution in [0, 0.1) is 0 Å². The smallest absolute Gasteiger partial charge is 0.258 e. The fourth-order valence-corrected chi connectivity index (χ4v) is 10.1. The van der Waals surface area contributed by atoms with Crippen LogP contribution in [-0.2, 0) is 5.41 Å². The Morgan fingerprint density at radius 3 is 1.76 bits per heavy atom. The van der Waals surface area contributed by atoms with Crippen molar-refractivity contribution in [1.82, 2.24) is 17.9 Å². The zero-order chi connectivity index (χ0) is 32.1. The Bertz CT molecular complexity index is 3200. The summed E-state index contributed by atoms with van der Waals surface area (Å²) >= 11 is 0. The zero-order valence-corrected chi connectivity index (χ0v) is 27.4. The van der Waals surface area contributed by atoms with Crippen molar-refractivity contribution in [1.29, 1.82) is 0 Å². The molecular formula is C44H29BN4. The molecule has 0 fully saturated rings. The van der Waals surface area contributed by atoms with Gasteiger partial charge in [0, 0.05) is 22.5 Å². The standard InChI is InChI=1S/C44H29BN4/c1-44(2,3)25-22-34-39-35(23-25)48-32-20-8-9-21-33(32)49-41-28-16-11-13-24-12-10-15-27(36(24)28)37(41)40(43(48)49)45(39)38-26-14-4-5-17-29(26)46-30-18-6-7-19-31(30)47(34)42(38)46/h4-23H,1-3H3. The second-order valence-electron chi connectivity index (χ2n) is 15.4. The highest BCUT2D eigenvalue weighted by Crippen LogP contribution is 2.51. The normalized spacial score (nSPS) is 14.0. The Kier molecular flexibility index (Phi) is 4.03. The average Bonchev–Trinajstić information content (AvgIpc) is 3.90. The second kappa shape index (κ2) is 7.85. The summed E-state index contributed by atoms with van der Waals surface area (Å²) in [6.45, 7) is 7.11. The number of hydrogen-bond acceptors (Lipinski definition) is 0. The van der Waals surface area contributed by atoms with E-state index in [1.54, 1.807) is 0 Å². The quantitative estimate of drug-likeness (QED) is 0.151. The Hall–Kier alpha value is -5.94. The molecule has 0 saturated heterocycles. The van der Waals surface area contributed by atoms with Gasteiger partial charge < -0.3 is 0 Å². The average molecular weight is 625 g/mol. The molecule has 4 nitrogen and oxygen atoms in total.